The summed E-state index contributed by atoms with van der Waals surface area (Å²) in [5.41, 5.74) is 2.08. The number of benzene rings is 1. The Balaban J connectivity index is 2.30. The zero-order chi connectivity index (χ0) is 11.0. The average molecular weight is 227 g/mol. The van der Waals surface area contributed by atoms with Gasteiger partial charge in [-0.1, -0.05) is 30.3 Å². The van der Waals surface area contributed by atoms with Gasteiger partial charge in [-0.2, -0.15) is 0 Å². The number of rotatable bonds is 1. The Kier molecular flexibility index (Phi) is 2.11. The van der Waals surface area contributed by atoms with Crippen LogP contribution in [0.3, 0.4) is 0 Å². The van der Waals surface area contributed by atoms with Crippen molar-refractivity contribution in [2.24, 2.45) is 0 Å². The van der Waals surface area contributed by atoms with Crippen molar-refractivity contribution >= 4 is 16.2 Å². The van der Waals surface area contributed by atoms with Crippen LogP contribution in [-0.4, -0.2) is 4.40 Å². The van der Waals surface area contributed by atoms with Gasteiger partial charge in [-0.25, -0.2) is 0 Å². The van der Waals surface area contributed by atoms with Crippen LogP contribution in [0.2, 0.25) is 0 Å². The van der Waals surface area contributed by atoms with E-state index in [1.165, 1.54) is 0 Å². The van der Waals surface area contributed by atoms with Gasteiger partial charge in [0.2, 0.25) is 0 Å². The van der Waals surface area contributed by atoms with Crippen LogP contribution in [0, 0.1) is 0 Å². The molecule has 0 amide bonds. The summed E-state index contributed by atoms with van der Waals surface area (Å²) in [4.78, 5) is 12.8. The van der Waals surface area contributed by atoms with E-state index in [1.54, 1.807) is 28.0 Å². The molecule has 2 nitrogen and oxygen atoms in total. The van der Waals surface area contributed by atoms with E-state index < -0.39 is 0 Å². The van der Waals surface area contributed by atoms with Crippen molar-refractivity contribution in [1.29, 1.82) is 0 Å². The molecule has 16 heavy (non-hydrogen) atoms. The van der Waals surface area contributed by atoms with Crippen molar-refractivity contribution in [3.63, 3.8) is 0 Å². The van der Waals surface area contributed by atoms with Gasteiger partial charge in [0.25, 0.3) is 5.56 Å². The molecule has 0 atom stereocenters. The molecule has 0 spiro atoms. The lowest BCUT2D eigenvalue weighted by atomic mass is 10.1. The van der Waals surface area contributed by atoms with Crippen LogP contribution in [0.5, 0.6) is 0 Å². The highest BCUT2D eigenvalue weighted by atomic mass is 32.1. The first-order valence-electron chi connectivity index (χ1n) is 5.00. The molecule has 3 rings (SSSR count). The van der Waals surface area contributed by atoms with E-state index in [0.29, 0.717) is 0 Å². The van der Waals surface area contributed by atoms with Gasteiger partial charge >= 0.3 is 0 Å². The van der Waals surface area contributed by atoms with Crippen LogP contribution in [0.15, 0.2) is 58.8 Å². The number of pyridine rings is 1. The van der Waals surface area contributed by atoms with Crippen LogP contribution >= 0.6 is 11.3 Å². The van der Waals surface area contributed by atoms with Crippen molar-refractivity contribution < 1.29 is 0 Å². The highest BCUT2D eigenvalue weighted by molar-refractivity contribution is 7.15. The molecule has 2 heterocycles. The summed E-state index contributed by atoms with van der Waals surface area (Å²) in [6.45, 7) is 0. The number of hydrogen-bond acceptors (Lipinski definition) is 2. The minimum absolute atomic E-state index is 0.0256. The quantitative estimate of drug-likeness (QED) is 0.626. The molecule has 3 aromatic rings. The van der Waals surface area contributed by atoms with Crippen LogP contribution in [0.1, 0.15) is 0 Å². The normalized spacial score (nSPS) is 10.8. The van der Waals surface area contributed by atoms with E-state index in [1.807, 2.05) is 41.8 Å². The summed E-state index contributed by atoms with van der Waals surface area (Å²) in [7, 11) is 0. The van der Waals surface area contributed by atoms with Crippen molar-refractivity contribution in [3.05, 3.63) is 64.4 Å². The largest absolute Gasteiger partial charge is 0.274 e. The Morgan fingerprint density at radius 2 is 1.81 bits per heavy atom. The molecular weight excluding hydrogens is 218 g/mol. The third kappa shape index (κ3) is 1.46. The summed E-state index contributed by atoms with van der Waals surface area (Å²) in [5, 5.41) is 1.92. The molecule has 0 aliphatic rings. The van der Waals surface area contributed by atoms with Gasteiger partial charge in [-0.3, -0.25) is 9.20 Å². The van der Waals surface area contributed by atoms with Crippen LogP contribution < -0.4 is 5.56 Å². The summed E-state index contributed by atoms with van der Waals surface area (Å²) in [6, 6.07) is 13.7. The minimum Gasteiger partial charge on any atom is -0.274 e. The second kappa shape index (κ2) is 3.61. The second-order valence-electron chi connectivity index (χ2n) is 3.56. The third-order valence-electron chi connectivity index (χ3n) is 2.54. The first kappa shape index (κ1) is 9.36. The number of thiazole rings is 1. The van der Waals surface area contributed by atoms with Crippen molar-refractivity contribution in [1.82, 2.24) is 4.40 Å². The lowest BCUT2D eigenvalue weighted by Gasteiger charge is -2.01. The van der Waals surface area contributed by atoms with Crippen LogP contribution in [-0.2, 0) is 0 Å². The zero-order valence-corrected chi connectivity index (χ0v) is 9.28. The minimum atomic E-state index is 0.0256. The molecule has 0 radical (unpaired) electrons. The summed E-state index contributed by atoms with van der Waals surface area (Å²) >= 11 is 1.57. The van der Waals surface area contributed by atoms with E-state index >= 15 is 0 Å². The fraction of sp³-hybridized carbons (Fsp3) is 0. The first-order valence-corrected chi connectivity index (χ1v) is 5.88. The van der Waals surface area contributed by atoms with Gasteiger partial charge in [-0.05, 0) is 17.2 Å². The van der Waals surface area contributed by atoms with Gasteiger partial charge in [0.15, 0.2) is 0 Å². The highest BCUT2D eigenvalue weighted by Crippen LogP contribution is 2.20. The van der Waals surface area contributed by atoms with Gasteiger partial charge in [0.1, 0.15) is 4.83 Å². The summed E-state index contributed by atoms with van der Waals surface area (Å²) in [6.07, 6.45) is 1.80. The summed E-state index contributed by atoms with van der Waals surface area (Å²) in [5.74, 6) is 0. The maximum atomic E-state index is 11.8. The number of fused-ring (bicyclic) bond motifs is 1. The standard InChI is InChI=1S/C13H9NOS/c15-12-8-11(10-4-2-1-3-5-10)9-13-14(12)6-7-16-13/h1-9H. The Bertz CT molecular complexity index is 682. The van der Waals surface area contributed by atoms with Crippen molar-refractivity contribution in [2.45, 2.75) is 0 Å². The molecular formula is C13H9NOS. The molecule has 1 aromatic carbocycles. The molecule has 0 unspecified atom stereocenters. The number of nitrogens with zero attached hydrogens (tertiary/aromatic N) is 1. The fourth-order valence-electron chi connectivity index (χ4n) is 1.75. The second-order valence-corrected chi connectivity index (χ2v) is 4.49. The maximum absolute atomic E-state index is 11.8. The Morgan fingerprint density at radius 1 is 1.00 bits per heavy atom. The third-order valence-corrected chi connectivity index (χ3v) is 3.35. The summed E-state index contributed by atoms with van der Waals surface area (Å²) < 4.78 is 1.66. The lowest BCUT2D eigenvalue weighted by Crippen LogP contribution is -2.09. The molecule has 0 aliphatic heterocycles. The van der Waals surface area contributed by atoms with E-state index in [-0.39, 0.29) is 5.56 Å². The van der Waals surface area contributed by atoms with Gasteiger partial charge < -0.3 is 0 Å². The van der Waals surface area contributed by atoms with Gasteiger partial charge in [0, 0.05) is 17.6 Å². The van der Waals surface area contributed by atoms with Gasteiger partial charge in [-0.15, -0.1) is 11.3 Å². The smallest absolute Gasteiger partial charge is 0.256 e. The Hall–Kier alpha value is -1.87. The number of hydrogen-bond donors (Lipinski definition) is 0. The molecule has 0 saturated heterocycles. The SMILES string of the molecule is O=c1cc(-c2ccccc2)cc2sccn12. The van der Waals surface area contributed by atoms with E-state index in [4.69, 9.17) is 0 Å². The maximum Gasteiger partial charge on any atom is 0.256 e. The zero-order valence-electron chi connectivity index (χ0n) is 8.46. The predicted octanol–water partition coefficient (Wildman–Crippen LogP) is 3.03. The van der Waals surface area contributed by atoms with Crippen molar-refractivity contribution in [3.8, 4) is 11.1 Å². The predicted molar refractivity (Wildman–Crippen MR) is 67.0 cm³/mol. The first-order chi connectivity index (χ1) is 7.84. The molecule has 3 heteroatoms. The molecule has 78 valence electrons. The van der Waals surface area contributed by atoms with Crippen LogP contribution in [0.25, 0.3) is 16.0 Å². The Morgan fingerprint density at radius 3 is 2.62 bits per heavy atom. The highest BCUT2D eigenvalue weighted by Gasteiger charge is 2.02. The number of aromatic nitrogens is 1. The molecule has 0 aliphatic carbocycles. The van der Waals surface area contributed by atoms with Crippen molar-refractivity contribution in [2.75, 3.05) is 0 Å². The molecule has 2 aromatic heterocycles. The van der Waals surface area contributed by atoms with E-state index in [0.717, 1.165) is 16.0 Å². The average Bonchev–Trinajstić information content (AvgIpc) is 2.79. The fourth-order valence-corrected chi connectivity index (χ4v) is 2.53. The van der Waals surface area contributed by atoms with E-state index in [9.17, 15) is 4.79 Å². The van der Waals surface area contributed by atoms with E-state index in [2.05, 4.69) is 0 Å². The van der Waals surface area contributed by atoms with Gasteiger partial charge in [0.05, 0.1) is 0 Å². The van der Waals surface area contributed by atoms with Crippen LogP contribution in [0.4, 0.5) is 0 Å². The Labute approximate surface area is 96.4 Å². The topological polar surface area (TPSA) is 21.5 Å². The monoisotopic (exact) mass is 227 g/mol. The molecule has 0 bridgehead atoms. The molecule has 0 fully saturated rings. The molecule has 0 N–H and O–H groups in total. The molecule has 0 saturated carbocycles. The lowest BCUT2D eigenvalue weighted by molar-refractivity contribution is 1.13.